The SMILES string of the molecule is CC(C)CN(Cc1cccn1Cc1cccc(Cl)c1)C(=O)C(C)C. The normalized spacial score (nSPS) is 11.3. The lowest BCUT2D eigenvalue weighted by molar-refractivity contribution is -0.135. The zero-order valence-electron chi connectivity index (χ0n) is 15.0. The summed E-state index contributed by atoms with van der Waals surface area (Å²) < 4.78 is 2.19. The van der Waals surface area contributed by atoms with Crippen molar-refractivity contribution in [2.45, 2.75) is 40.8 Å². The van der Waals surface area contributed by atoms with E-state index in [1.165, 1.54) is 0 Å². The van der Waals surface area contributed by atoms with Gasteiger partial charge in [0.15, 0.2) is 0 Å². The van der Waals surface area contributed by atoms with E-state index in [1.54, 1.807) is 0 Å². The van der Waals surface area contributed by atoms with Crippen molar-refractivity contribution in [2.75, 3.05) is 6.54 Å². The first-order chi connectivity index (χ1) is 11.4. The van der Waals surface area contributed by atoms with Crippen LogP contribution in [0.4, 0.5) is 0 Å². The minimum absolute atomic E-state index is 0.0140. The van der Waals surface area contributed by atoms with E-state index in [0.717, 1.165) is 29.4 Å². The van der Waals surface area contributed by atoms with Gasteiger partial charge in [-0.3, -0.25) is 4.79 Å². The third-order valence-electron chi connectivity index (χ3n) is 3.91. The Labute approximate surface area is 150 Å². The second-order valence-corrected chi connectivity index (χ2v) is 7.46. The minimum atomic E-state index is 0.0140. The smallest absolute Gasteiger partial charge is 0.225 e. The van der Waals surface area contributed by atoms with Crippen LogP contribution in [0.5, 0.6) is 0 Å². The van der Waals surface area contributed by atoms with Crippen molar-refractivity contribution in [3.63, 3.8) is 0 Å². The first-order valence-corrected chi connectivity index (χ1v) is 8.92. The lowest BCUT2D eigenvalue weighted by Gasteiger charge is -2.27. The van der Waals surface area contributed by atoms with Gasteiger partial charge < -0.3 is 9.47 Å². The maximum absolute atomic E-state index is 12.5. The Hall–Kier alpha value is -1.74. The van der Waals surface area contributed by atoms with Crippen LogP contribution in [0, 0.1) is 11.8 Å². The van der Waals surface area contributed by atoms with E-state index in [1.807, 2.05) is 43.0 Å². The number of benzene rings is 1. The Morgan fingerprint density at radius 3 is 2.54 bits per heavy atom. The molecule has 0 radical (unpaired) electrons. The molecule has 130 valence electrons. The second-order valence-electron chi connectivity index (χ2n) is 7.02. The number of carbonyl (C=O) groups is 1. The fourth-order valence-electron chi connectivity index (χ4n) is 2.81. The topological polar surface area (TPSA) is 25.2 Å². The van der Waals surface area contributed by atoms with Crippen LogP contribution in [0.3, 0.4) is 0 Å². The van der Waals surface area contributed by atoms with Crippen LogP contribution in [-0.2, 0) is 17.9 Å². The molecule has 1 aromatic heterocycles. The Bertz CT molecular complexity index is 676. The molecule has 2 rings (SSSR count). The predicted octanol–water partition coefficient (Wildman–Crippen LogP) is 4.83. The molecule has 0 aliphatic heterocycles. The number of hydrogen-bond acceptors (Lipinski definition) is 1. The third-order valence-corrected chi connectivity index (χ3v) is 4.14. The van der Waals surface area contributed by atoms with E-state index < -0.39 is 0 Å². The predicted molar refractivity (Wildman–Crippen MR) is 100 cm³/mol. The molecular weight excluding hydrogens is 320 g/mol. The van der Waals surface area contributed by atoms with Crippen LogP contribution in [-0.4, -0.2) is 21.9 Å². The van der Waals surface area contributed by atoms with Gasteiger partial charge in [0.2, 0.25) is 5.91 Å². The molecule has 4 heteroatoms. The van der Waals surface area contributed by atoms with E-state index in [2.05, 4.69) is 36.7 Å². The highest BCUT2D eigenvalue weighted by Gasteiger charge is 2.19. The Morgan fingerprint density at radius 2 is 1.92 bits per heavy atom. The summed E-state index contributed by atoms with van der Waals surface area (Å²) in [6.45, 7) is 10.4. The van der Waals surface area contributed by atoms with Gasteiger partial charge in [-0.15, -0.1) is 0 Å². The highest BCUT2D eigenvalue weighted by atomic mass is 35.5. The fourth-order valence-corrected chi connectivity index (χ4v) is 3.03. The van der Waals surface area contributed by atoms with E-state index in [-0.39, 0.29) is 11.8 Å². The molecule has 0 aliphatic rings. The number of nitrogens with zero attached hydrogens (tertiary/aromatic N) is 2. The third kappa shape index (κ3) is 5.13. The molecule has 0 N–H and O–H groups in total. The lowest BCUT2D eigenvalue weighted by Crippen LogP contribution is -2.37. The Morgan fingerprint density at radius 1 is 1.17 bits per heavy atom. The Kier molecular flexibility index (Phi) is 6.50. The summed E-state index contributed by atoms with van der Waals surface area (Å²) in [5.41, 5.74) is 2.30. The summed E-state index contributed by atoms with van der Waals surface area (Å²) in [6.07, 6.45) is 2.06. The van der Waals surface area contributed by atoms with Crippen LogP contribution in [0.25, 0.3) is 0 Å². The number of aromatic nitrogens is 1. The number of carbonyl (C=O) groups excluding carboxylic acids is 1. The number of rotatable bonds is 7. The minimum Gasteiger partial charge on any atom is -0.345 e. The molecule has 1 aromatic carbocycles. The highest BCUT2D eigenvalue weighted by Crippen LogP contribution is 2.16. The summed E-state index contributed by atoms with van der Waals surface area (Å²) in [4.78, 5) is 14.5. The molecule has 0 aliphatic carbocycles. The van der Waals surface area contributed by atoms with Gasteiger partial charge in [0.1, 0.15) is 0 Å². The molecule has 0 atom stereocenters. The van der Waals surface area contributed by atoms with Crippen LogP contribution < -0.4 is 0 Å². The van der Waals surface area contributed by atoms with E-state index in [4.69, 9.17) is 11.6 Å². The number of halogens is 1. The molecule has 0 saturated heterocycles. The Balaban J connectivity index is 2.16. The standard InChI is InChI=1S/C20H27ClN2O/c1-15(2)12-23(20(24)16(3)4)14-19-9-6-10-22(19)13-17-7-5-8-18(21)11-17/h5-11,15-16H,12-14H2,1-4H3. The number of amides is 1. The zero-order chi connectivity index (χ0) is 17.7. The van der Waals surface area contributed by atoms with Gasteiger partial charge in [-0.2, -0.15) is 0 Å². The molecule has 1 heterocycles. The van der Waals surface area contributed by atoms with Gasteiger partial charge >= 0.3 is 0 Å². The van der Waals surface area contributed by atoms with Crippen molar-refractivity contribution < 1.29 is 4.79 Å². The first kappa shape index (κ1) is 18.6. The van der Waals surface area contributed by atoms with Gasteiger partial charge in [0.05, 0.1) is 6.54 Å². The van der Waals surface area contributed by atoms with Crippen molar-refractivity contribution in [1.82, 2.24) is 9.47 Å². The zero-order valence-corrected chi connectivity index (χ0v) is 15.8. The highest BCUT2D eigenvalue weighted by molar-refractivity contribution is 6.30. The van der Waals surface area contributed by atoms with Gasteiger partial charge in [0.25, 0.3) is 0 Å². The van der Waals surface area contributed by atoms with Crippen molar-refractivity contribution in [1.29, 1.82) is 0 Å². The molecule has 2 aromatic rings. The van der Waals surface area contributed by atoms with Crippen LogP contribution >= 0.6 is 11.6 Å². The van der Waals surface area contributed by atoms with E-state index in [9.17, 15) is 4.79 Å². The molecule has 3 nitrogen and oxygen atoms in total. The molecule has 0 fully saturated rings. The van der Waals surface area contributed by atoms with E-state index in [0.29, 0.717) is 12.5 Å². The van der Waals surface area contributed by atoms with Gasteiger partial charge in [0, 0.05) is 35.9 Å². The molecular formula is C20H27ClN2O. The van der Waals surface area contributed by atoms with Crippen LogP contribution in [0.2, 0.25) is 5.02 Å². The molecule has 24 heavy (non-hydrogen) atoms. The molecule has 0 bridgehead atoms. The van der Waals surface area contributed by atoms with E-state index >= 15 is 0 Å². The maximum atomic E-state index is 12.5. The monoisotopic (exact) mass is 346 g/mol. The average Bonchev–Trinajstić information content (AvgIpc) is 2.92. The second kappa shape index (κ2) is 8.39. The summed E-state index contributed by atoms with van der Waals surface area (Å²) in [6, 6.07) is 12.0. The van der Waals surface area contributed by atoms with Gasteiger partial charge in [-0.05, 0) is 35.7 Å². The van der Waals surface area contributed by atoms with Gasteiger partial charge in [-0.1, -0.05) is 51.4 Å². The average molecular weight is 347 g/mol. The first-order valence-electron chi connectivity index (χ1n) is 8.54. The number of hydrogen-bond donors (Lipinski definition) is 0. The van der Waals surface area contributed by atoms with Crippen molar-refractivity contribution in [2.24, 2.45) is 11.8 Å². The van der Waals surface area contributed by atoms with Gasteiger partial charge in [-0.25, -0.2) is 0 Å². The quantitative estimate of drug-likeness (QED) is 0.704. The van der Waals surface area contributed by atoms with Crippen molar-refractivity contribution in [3.8, 4) is 0 Å². The van der Waals surface area contributed by atoms with Crippen LogP contribution in [0.1, 0.15) is 39.0 Å². The summed E-state index contributed by atoms with van der Waals surface area (Å²) in [7, 11) is 0. The largest absolute Gasteiger partial charge is 0.345 e. The fraction of sp³-hybridized carbons (Fsp3) is 0.450. The molecule has 0 unspecified atom stereocenters. The molecule has 1 amide bonds. The van der Waals surface area contributed by atoms with Crippen LogP contribution in [0.15, 0.2) is 42.6 Å². The summed E-state index contributed by atoms with van der Waals surface area (Å²) in [5.74, 6) is 0.670. The summed E-state index contributed by atoms with van der Waals surface area (Å²) in [5, 5.41) is 0.748. The summed E-state index contributed by atoms with van der Waals surface area (Å²) >= 11 is 6.08. The molecule has 0 spiro atoms. The lowest BCUT2D eigenvalue weighted by atomic mass is 10.1. The molecule has 0 saturated carbocycles. The van der Waals surface area contributed by atoms with Crippen molar-refractivity contribution >= 4 is 17.5 Å². The maximum Gasteiger partial charge on any atom is 0.225 e. The van der Waals surface area contributed by atoms with Crippen molar-refractivity contribution in [3.05, 3.63) is 58.9 Å².